The smallest absolute Gasteiger partial charge is 0.351 e. The molecular formula is C9H16N4O3S. The lowest BCUT2D eigenvalue weighted by Crippen LogP contribution is -2.34. The minimum atomic E-state index is -0.663. The van der Waals surface area contributed by atoms with Crippen LogP contribution in [0.25, 0.3) is 0 Å². The fraction of sp³-hybridized carbons (Fsp3) is 0.556. The molecule has 0 saturated carbocycles. The number of carbonyl (C=O) groups is 1. The largest absolute Gasteiger partial charge is 0.395 e. The lowest BCUT2D eigenvalue weighted by Gasteiger charge is -2.22. The average molecular weight is 260 g/mol. The SMILES string of the molecule is C=CN(C(=O)N=C(N)N)[C@H]1CC(O)[C@@H](CO)S1. The fourth-order valence-corrected chi connectivity index (χ4v) is 2.93. The standard InChI is InChI=1S/C9H16N4O3S/c1-2-13(9(16)12-8(10)11)7-3-5(15)6(4-14)17-7/h2,5-7,14-15H,1,3-4H2,(H4,10,11,12,16)/t5?,6-,7-/m1/s1. The Kier molecular flexibility index (Phi) is 4.79. The maximum Gasteiger partial charge on any atom is 0.351 e. The summed E-state index contributed by atoms with van der Waals surface area (Å²) in [5.41, 5.74) is 10.2. The fourth-order valence-electron chi connectivity index (χ4n) is 1.54. The molecule has 1 heterocycles. The molecule has 1 aliphatic rings. The first-order valence-corrected chi connectivity index (χ1v) is 5.92. The normalized spacial score (nSPS) is 27.5. The van der Waals surface area contributed by atoms with Crippen LogP contribution in [0.3, 0.4) is 0 Å². The molecule has 0 aromatic rings. The van der Waals surface area contributed by atoms with Crippen molar-refractivity contribution in [3.8, 4) is 0 Å². The molecule has 3 atom stereocenters. The predicted molar refractivity (Wildman–Crippen MR) is 66.1 cm³/mol. The Labute approximate surface area is 103 Å². The number of aliphatic imine (C=N–C) groups is 1. The summed E-state index contributed by atoms with van der Waals surface area (Å²) in [6.07, 6.45) is 0.983. The third-order valence-corrected chi connectivity index (χ3v) is 3.88. The van der Waals surface area contributed by atoms with E-state index in [2.05, 4.69) is 11.6 Å². The number of urea groups is 1. The van der Waals surface area contributed by atoms with Crippen LogP contribution in [-0.2, 0) is 0 Å². The quantitative estimate of drug-likeness (QED) is 0.381. The topological polar surface area (TPSA) is 125 Å². The summed E-state index contributed by atoms with van der Waals surface area (Å²) in [6.45, 7) is 3.36. The Balaban J connectivity index is 2.73. The van der Waals surface area contributed by atoms with Crippen LogP contribution in [0.2, 0.25) is 0 Å². The number of rotatable bonds is 3. The molecule has 1 rings (SSSR count). The van der Waals surface area contributed by atoms with E-state index in [9.17, 15) is 9.90 Å². The molecule has 0 aliphatic carbocycles. The summed E-state index contributed by atoms with van der Waals surface area (Å²) >= 11 is 1.29. The molecule has 2 amide bonds. The Morgan fingerprint density at radius 2 is 2.29 bits per heavy atom. The number of nitrogens with zero attached hydrogens (tertiary/aromatic N) is 2. The maximum absolute atomic E-state index is 11.6. The van der Waals surface area contributed by atoms with Crippen LogP contribution >= 0.6 is 11.8 Å². The van der Waals surface area contributed by atoms with Gasteiger partial charge < -0.3 is 21.7 Å². The highest BCUT2D eigenvalue weighted by molar-refractivity contribution is 8.00. The van der Waals surface area contributed by atoms with Crippen molar-refractivity contribution in [3.63, 3.8) is 0 Å². The summed E-state index contributed by atoms with van der Waals surface area (Å²) in [6, 6.07) is -0.636. The molecule has 1 unspecified atom stereocenters. The van der Waals surface area contributed by atoms with E-state index >= 15 is 0 Å². The van der Waals surface area contributed by atoms with E-state index < -0.39 is 12.1 Å². The first kappa shape index (κ1) is 13.8. The van der Waals surface area contributed by atoms with Crippen LogP contribution in [0.4, 0.5) is 4.79 Å². The minimum Gasteiger partial charge on any atom is -0.395 e. The van der Waals surface area contributed by atoms with Gasteiger partial charge in [0.15, 0.2) is 5.96 Å². The van der Waals surface area contributed by atoms with Gasteiger partial charge in [0, 0.05) is 12.6 Å². The van der Waals surface area contributed by atoms with Gasteiger partial charge in [-0.15, -0.1) is 11.8 Å². The van der Waals surface area contributed by atoms with Gasteiger partial charge in [-0.2, -0.15) is 4.99 Å². The zero-order valence-electron chi connectivity index (χ0n) is 9.19. The lowest BCUT2D eigenvalue weighted by molar-refractivity contribution is 0.133. The van der Waals surface area contributed by atoms with E-state index in [4.69, 9.17) is 16.6 Å². The molecule has 7 nitrogen and oxygen atoms in total. The van der Waals surface area contributed by atoms with Crippen molar-refractivity contribution in [3.05, 3.63) is 12.8 Å². The second kappa shape index (κ2) is 5.89. The zero-order valence-corrected chi connectivity index (χ0v) is 10.0. The predicted octanol–water partition coefficient (Wildman–Crippen LogP) is -0.990. The van der Waals surface area contributed by atoms with Gasteiger partial charge in [0.25, 0.3) is 0 Å². The van der Waals surface area contributed by atoms with Crippen LogP contribution in [0.1, 0.15) is 6.42 Å². The third kappa shape index (κ3) is 3.35. The van der Waals surface area contributed by atoms with Crippen molar-refractivity contribution >= 4 is 23.8 Å². The van der Waals surface area contributed by atoms with Crippen LogP contribution in [0.5, 0.6) is 0 Å². The van der Waals surface area contributed by atoms with Crippen molar-refractivity contribution < 1.29 is 15.0 Å². The molecule has 8 heteroatoms. The number of aliphatic hydroxyl groups is 2. The molecule has 96 valence electrons. The number of amides is 2. The highest BCUT2D eigenvalue weighted by Crippen LogP contribution is 2.36. The molecule has 1 saturated heterocycles. The van der Waals surface area contributed by atoms with Crippen molar-refractivity contribution in [2.75, 3.05) is 6.61 Å². The van der Waals surface area contributed by atoms with Crippen LogP contribution in [-0.4, -0.2) is 50.4 Å². The van der Waals surface area contributed by atoms with Gasteiger partial charge in [0.2, 0.25) is 0 Å². The number of nitrogens with two attached hydrogens (primary N) is 2. The summed E-state index contributed by atoms with van der Waals surface area (Å²) < 4.78 is 0. The Bertz CT molecular complexity index is 332. The third-order valence-electron chi connectivity index (χ3n) is 2.34. The molecule has 1 aliphatic heterocycles. The molecule has 17 heavy (non-hydrogen) atoms. The Morgan fingerprint density at radius 3 is 2.71 bits per heavy atom. The second-order valence-corrected chi connectivity index (χ2v) is 4.95. The van der Waals surface area contributed by atoms with E-state index in [1.165, 1.54) is 22.9 Å². The Hall–Kier alpha value is -1.25. The zero-order chi connectivity index (χ0) is 13.0. The van der Waals surface area contributed by atoms with E-state index in [0.29, 0.717) is 6.42 Å². The number of hydrogen-bond acceptors (Lipinski definition) is 4. The molecule has 1 fully saturated rings. The summed E-state index contributed by atoms with van der Waals surface area (Å²) in [7, 11) is 0. The van der Waals surface area contributed by atoms with Crippen molar-refractivity contribution in [1.29, 1.82) is 0 Å². The Morgan fingerprint density at radius 1 is 1.65 bits per heavy atom. The van der Waals surface area contributed by atoms with Crippen molar-refractivity contribution in [2.24, 2.45) is 16.5 Å². The second-order valence-electron chi connectivity index (χ2n) is 3.52. The number of aliphatic hydroxyl groups excluding tert-OH is 2. The van der Waals surface area contributed by atoms with Gasteiger partial charge >= 0.3 is 6.03 Å². The summed E-state index contributed by atoms with van der Waals surface area (Å²) in [5.74, 6) is -0.330. The number of hydrogen-bond donors (Lipinski definition) is 4. The van der Waals surface area contributed by atoms with Crippen LogP contribution in [0.15, 0.2) is 17.8 Å². The minimum absolute atomic E-state index is 0.149. The number of guanidine groups is 1. The van der Waals surface area contributed by atoms with Crippen LogP contribution in [0, 0.1) is 0 Å². The highest BCUT2D eigenvalue weighted by Gasteiger charge is 2.37. The van der Waals surface area contributed by atoms with Gasteiger partial charge in [0.05, 0.1) is 23.3 Å². The molecule has 0 spiro atoms. The molecular weight excluding hydrogens is 244 g/mol. The van der Waals surface area contributed by atoms with Crippen LogP contribution < -0.4 is 11.5 Å². The number of carbonyl (C=O) groups excluding carboxylic acids is 1. The first-order valence-electron chi connectivity index (χ1n) is 4.98. The van der Waals surface area contributed by atoms with Gasteiger partial charge in [0.1, 0.15) is 0 Å². The van der Waals surface area contributed by atoms with Crippen molar-refractivity contribution in [1.82, 2.24) is 4.90 Å². The first-order chi connectivity index (χ1) is 7.99. The lowest BCUT2D eigenvalue weighted by atomic mass is 10.2. The van der Waals surface area contributed by atoms with Gasteiger partial charge in [-0.05, 0) is 0 Å². The van der Waals surface area contributed by atoms with E-state index in [1.807, 2.05) is 0 Å². The maximum atomic E-state index is 11.6. The molecule has 0 aromatic heterocycles. The highest BCUT2D eigenvalue weighted by atomic mass is 32.2. The monoisotopic (exact) mass is 260 g/mol. The van der Waals surface area contributed by atoms with Gasteiger partial charge in [-0.25, -0.2) is 4.79 Å². The summed E-state index contributed by atoms with van der Waals surface area (Å²) in [5, 5.41) is 18.0. The van der Waals surface area contributed by atoms with Gasteiger partial charge in [-0.1, -0.05) is 6.58 Å². The van der Waals surface area contributed by atoms with E-state index in [0.717, 1.165) is 0 Å². The van der Waals surface area contributed by atoms with Crippen molar-refractivity contribution in [2.45, 2.75) is 23.1 Å². The molecule has 0 aromatic carbocycles. The number of thioether (sulfide) groups is 1. The molecule has 6 N–H and O–H groups in total. The van der Waals surface area contributed by atoms with E-state index in [1.54, 1.807) is 0 Å². The van der Waals surface area contributed by atoms with Gasteiger partial charge in [-0.3, -0.25) is 4.90 Å². The molecule has 0 bridgehead atoms. The summed E-state index contributed by atoms with van der Waals surface area (Å²) in [4.78, 5) is 16.3. The average Bonchev–Trinajstić information content (AvgIpc) is 2.59. The molecule has 0 radical (unpaired) electrons. The van der Waals surface area contributed by atoms with E-state index in [-0.39, 0.29) is 23.2 Å².